The van der Waals surface area contributed by atoms with Gasteiger partial charge in [-0.25, -0.2) is 9.18 Å². The summed E-state index contributed by atoms with van der Waals surface area (Å²) in [6.45, 7) is 0. The van der Waals surface area contributed by atoms with Gasteiger partial charge in [-0.1, -0.05) is 0 Å². The highest BCUT2D eigenvalue weighted by atomic mass is 19.1. The number of phenolic OH excluding ortho intramolecular Hbond substituents is 2. The van der Waals surface area contributed by atoms with Crippen molar-refractivity contribution in [2.24, 2.45) is 0 Å². The monoisotopic (exact) mass is 246 g/mol. The Bertz CT molecular complexity index is 836. The topological polar surface area (TPSA) is 70.7 Å². The van der Waals surface area contributed by atoms with Crippen LogP contribution in [0.25, 0.3) is 21.7 Å². The molecule has 0 amide bonds. The highest BCUT2D eigenvalue weighted by Gasteiger charge is 2.11. The molecule has 1 aromatic heterocycles. The summed E-state index contributed by atoms with van der Waals surface area (Å²) in [5.74, 6) is -1.47. The van der Waals surface area contributed by atoms with Crippen LogP contribution >= 0.6 is 0 Å². The predicted octanol–water partition coefficient (Wildman–Crippen LogP) is 2.50. The summed E-state index contributed by atoms with van der Waals surface area (Å²) in [7, 11) is 0. The third kappa shape index (κ3) is 1.41. The zero-order valence-corrected chi connectivity index (χ0v) is 8.98. The van der Waals surface area contributed by atoms with Gasteiger partial charge < -0.3 is 14.6 Å². The first-order valence-electron chi connectivity index (χ1n) is 5.14. The van der Waals surface area contributed by atoms with Gasteiger partial charge in [0, 0.05) is 16.8 Å². The molecule has 3 rings (SSSR count). The zero-order valence-electron chi connectivity index (χ0n) is 8.98. The van der Waals surface area contributed by atoms with E-state index >= 15 is 0 Å². The Morgan fingerprint density at radius 1 is 1.00 bits per heavy atom. The Balaban J connectivity index is 2.61. The van der Waals surface area contributed by atoms with Gasteiger partial charge in [0.25, 0.3) is 0 Å². The highest BCUT2D eigenvalue weighted by Crippen LogP contribution is 2.29. The number of benzene rings is 2. The first kappa shape index (κ1) is 10.6. The second-order valence-electron chi connectivity index (χ2n) is 3.92. The van der Waals surface area contributed by atoms with E-state index in [1.807, 2.05) is 0 Å². The van der Waals surface area contributed by atoms with Crippen molar-refractivity contribution in [1.82, 2.24) is 0 Å². The van der Waals surface area contributed by atoms with E-state index in [2.05, 4.69) is 0 Å². The van der Waals surface area contributed by atoms with Crippen molar-refractivity contribution < 1.29 is 19.0 Å². The fourth-order valence-corrected chi connectivity index (χ4v) is 1.93. The summed E-state index contributed by atoms with van der Waals surface area (Å²) in [6.07, 6.45) is 0. The molecule has 0 unspecified atom stereocenters. The first-order valence-corrected chi connectivity index (χ1v) is 5.14. The van der Waals surface area contributed by atoms with Crippen LogP contribution in [0.3, 0.4) is 0 Å². The second kappa shape index (κ2) is 3.46. The van der Waals surface area contributed by atoms with Crippen LogP contribution in [0, 0.1) is 5.82 Å². The molecule has 0 spiro atoms. The lowest BCUT2D eigenvalue weighted by Gasteiger charge is -2.04. The maximum Gasteiger partial charge on any atom is 0.344 e. The molecule has 0 bridgehead atoms. The minimum atomic E-state index is -0.817. The van der Waals surface area contributed by atoms with E-state index in [1.54, 1.807) is 0 Å². The molecule has 2 aromatic carbocycles. The van der Waals surface area contributed by atoms with Crippen molar-refractivity contribution in [1.29, 1.82) is 0 Å². The largest absolute Gasteiger partial charge is 0.508 e. The van der Waals surface area contributed by atoms with Crippen LogP contribution in [0.2, 0.25) is 0 Å². The quantitative estimate of drug-likeness (QED) is 0.472. The highest BCUT2D eigenvalue weighted by molar-refractivity contribution is 6.04. The molecule has 2 N–H and O–H groups in total. The lowest BCUT2D eigenvalue weighted by Crippen LogP contribution is -2.00. The van der Waals surface area contributed by atoms with Gasteiger partial charge in [-0.05, 0) is 24.3 Å². The van der Waals surface area contributed by atoms with E-state index in [4.69, 9.17) is 4.42 Å². The number of hydrogen-bond donors (Lipinski definition) is 2. The van der Waals surface area contributed by atoms with Gasteiger partial charge in [0.1, 0.15) is 11.3 Å². The number of phenols is 2. The van der Waals surface area contributed by atoms with Crippen molar-refractivity contribution in [2.75, 3.05) is 0 Å². The van der Waals surface area contributed by atoms with Gasteiger partial charge in [-0.15, -0.1) is 0 Å². The summed E-state index contributed by atoms with van der Waals surface area (Å²) in [6, 6.07) is 6.31. The number of fused-ring (bicyclic) bond motifs is 3. The van der Waals surface area contributed by atoms with E-state index < -0.39 is 17.2 Å². The van der Waals surface area contributed by atoms with Gasteiger partial charge in [0.2, 0.25) is 0 Å². The van der Waals surface area contributed by atoms with Crippen molar-refractivity contribution >= 4 is 21.7 Å². The minimum absolute atomic E-state index is 0.0516. The summed E-state index contributed by atoms with van der Waals surface area (Å²) in [5, 5.41) is 19.5. The van der Waals surface area contributed by atoms with Gasteiger partial charge in [0.15, 0.2) is 11.6 Å². The Hall–Kier alpha value is -2.56. The Labute approximate surface area is 99.5 Å². The average molecular weight is 246 g/mol. The average Bonchev–Trinajstić information content (AvgIpc) is 2.31. The SMILES string of the molecule is O=c1oc2cc(O)ccc2c2cc(F)c(O)cc12. The molecule has 5 heteroatoms. The maximum atomic E-state index is 13.4. The fraction of sp³-hybridized carbons (Fsp3) is 0. The van der Waals surface area contributed by atoms with Crippen LogP contribution in [0.5, 0.6) is 11.5 Å². The summed E-state index contributed by atoms with van der Waals surface area (Å²) in [4.78, 5) is 11.7. The van der Waals surface area contributed by atoms with Crippen LogP contribution in [-0.4, -0.2) is 10.2 Å². The van der Waals surface area contributed by atoms with Crippen molar-refractivity contribution in [2.45, 2.75) is 0 Å². The molecule has 0 aliphatic carbocycles. The van der Waals surface area contributed by atoms with Gasteiger partial charge in [-0.2, -0.15) is 0 Å². The maximum absolute atomic E-state index is 13.4. The zero-order chi connectivity index (χ0) is 12.9. The molecule has 0 radical (unpaired) electrons. The number of hydrogen-bond acceptors (Lipinski definition) is 4. The van der Waals surface area contributed by atoms with Crippen molar-refractivity contribution in [3.63, 3.8) is 0 Å². The Morgan fingerprint density at radius 3 is 2.56 bits per heavy atom. The van der Waals surface area contributed by atoms with E-state index in [9.17, 15) is 19.4 Å². The molecule has 0 aliphatic rings. The molecule has 90 valence electrons. The molecular formula is C13H7FO4. The molecule has 0 saturated carbocycles. The van der Waals surface area contributed by atoms with Crippen LogP contribution in [0.1, 0.15) is 0 Å². The summed E-state index contributed by atoms with van der Waals surface area (Å²) < 4.78 is 18.4. The smallest absolute Gasteiger partial charge is 0.344 e. The van der Waals surface area contributed by atoms with Crippen LogP contribution in [-0.2, 0) is 0 Å². The van der Waals surface area contributed by atoms with Crippen LogP contribution in [0.15, 0.2) is 39.5 Å². The number of aromatic hydroxyl groups is 2. The summed E-state index contributed by atoms with van der Waals surface area (Å²) >= 11 is 0. The van der Waals surface area contributed by atoms with Crippen LogP contribution < -0.4 is 5.63 Å². The molecule has 0 aliphatic heterocycles. The molecular weight excluding hydrogens is 239 g/mol. The third-order valence-electron chi connectivity index (χ3n) is 2.76. The molecule has 3 aromatic rings. The van der Waals surface area contributed by atoms with Crippen molar-refractivity contribution in [3.8, 4) is 11.5 Å². The lowest BCUT2D eigenvalue weighted by molar-refractivity contribution is 0.433. The molecule has 0 saturated heterocycles. The predicted molar refractivity (Wildman–Crippen MR) is 63.3 cm³/mol. The van der Waals surface area contributed by atoms with E-state index in [0.29, 0.717) is 10.8 Å². The van der Waals surface area contributed by atoms with Gasteiger partial charge in [0.05, 0.1) is 5.39 Å². The first-order chi connectivity index (χ1) is 8.56. The Kier molecular flexibility index (Phi) is 2.04. The second-order valence-corrected chi connectivity index (χ2v) is 3.92. The van der Waals surface area contributed by atoms with Gasteiger partial charge >= 0.3 is 5.63 Å². The summed E-state index contributed by atoms with van der Waals surface area (Å²) in [5.41, 5.74) is -0.531. The number of rotatable bonds is 0. The molecule has 0 fully saturated rings. The van der Waals surface area contributed by atoms with E-state index in [0.717, 1.165) is 12.1 Å². The molecule has 1 heterocycles. The molecule has 0 atom stereocenters. The standard InChI is InChI=1S/C13H7FO4/c14-10-4-8-7-2-1-6(15)3-12(7)18-13(17)9(8)5-11(10)16/h1-5,15-16H. The van der Waals surface area contributed by atoms with E-state index in [1.165, 1.54) is 18.2 Å². The minimum Gasteiger partial charge on any atom is -0.508 e. The van der Waals surface area contributed by atoms with Gasteiger partial charge in [-0.3, -0.25) is 0 Å². The Morgan fingerprint density at radius 2 is 1.78 bits per heavy atom. The molecule has 4 nitrogen and oxygen atoms in total. The van der Waals surface area contributed by atoms with E-state index in [-0.39, 0.29) is 16.7 Å². The fourth-order valence-electron chi connectivity index (χ4n) is 1.93. The molecule has 18 heavy (non-hydrogen) atoms. The van der Waals surface area contributed by atoms with Crippen molar-refractivity contribution in [3.05, 3.63) is 46.6 Å². The number of halogens is 1. The third-order valence-corrected chi connectivity index (χ3v) is 2.76. The lowest BCUT2D eigenvalue weighted by atomic mass is 10.1. The van der Waals surface area contributed by atoms with Crippen LogP contribution in [0.4, 0.5) is 4.39 Å². The normalized spacial score (nSPS) is 11.2.